The molecular formula is C17H25BrN2O. The summed E-state index contributed by atoms with van der Waals surface area (Å²) in [6.45, 7) is 4.54. The molecule has 1 aliphatic heterocycles. The van der Waals surface area contributed by atoms with Crippen LogP contribution in [0.3, 0.4) is 0 Å². The Kier molecular flexibility index (Phi) is 5.19. The maximum atomic E-state index is 5.38. The molecule has 2 fully saturated rings. The zero-order chi connectivity index (χ0) is 14.7. The standard InChI is InChI=1S/C17H25BrN2O/c1-21-16-7-6-14(12-15(16)18)17(13-4-2-3-5-13)20-10-8-19-9-11-20/h6-7,12-13,17,19H,2-5,8-11H2,1H3/t17-/m0/s1. The van der Waals surface area contributed by atoms with E-state index in [4.69, 9.17) is 4.74 Å². The third kappa shape index (κ3) is 3.43. The molecule has 3 rings (SSSR count). The molecule has 1 N–H and O–H groups in total. The first kappa shape index (κ1) is 15.3. The number of nitrogens with zero attached hydrogens (tertiary/aromatic N) is 1. The highest BCUT2D eigenvalue weighted by Crippen LogP contribution is 2.41. The third-order valence-corrected chi connectivity index (χ3v) is 5.53. The molecule has 3 nitrogen and oxygen atoms in total. The van der Waals surface area contributed by atoms with Crippen molar-refractivity contribution in [1.82, 2.24) is 10.2 Å². The average Bonchev–Trinajstić information content (AvgIpc) is 3.03. The predicted octanol–water partition coefficient (Wildman–Crippen LogP) is 3.59. The minimum atomic E-state index is 0.566. The summed E-state index contributed by atoms with van der Waals surface area (Å²) in [5, 5.41) is 3.47. The monoisotopic (exact) mass is 352 g/mol. The van der Waals surface area contributed by atoms with E-state index in [1.807, 2.05) is 0 Å². The van der Waals surface area contributed by atoms with Crippen LogP contribution in [-0.2, 0) is 0 Å². The van der Waals surface area contributed by atoms with Gasteiger partial charge in [-0.3, -0.25) is 4.90 Å². The van der Waals surface area contributed by atoms with Crippen LogP contribution >= 0.6 is 15.9 Å². The summed E-state index contributed by atoms with van der Waals surface area (Å²) >= 11 is 3.65. The normalized spacial score (nSPS) is 22.4. The van der Waals surface area contributed by atoms with Crippen LogP contribution in [-0.4, -0.2) is 38.2 Å². The van der Waals surface area contributed by atoms with Gasteiger partial charge in [-0.2, -0.15) is 0 Å². The van der Waals surface area contributed by atoms with Crippen LogP contribution in [0.4, 0.5) is 0 Å². The Labute approximate surface area is 136 Å². The Morgan fingerprint density at radius 1 is 1.24 bits per heavy atom. The van der Waals surface area contributed by atoms with Gasteiger partial charge in [0.15, 0.2) is 0 Å². The molecule has 1 heterocycles. The summed E-state index contributed by atoms with van der Waals surface area (Å²) in [5.74, 6) is 1.73. The SMILES string of the molecule is COc1ccc([C@H](C2CCCC2)N2CCNCC2)cc1Br. The van der Waals surface area contributed by atoms with Gasteiger partial charge in [0, 0.05) is 32.2 Å². The average molecular weight is 353 g/mol. The van der Waals surface area contributed by atoms with E-state index in [0.717, 1.165) is 42.3 Å². The van der Waals surface area contributed by atoms with E-state index in [-0.39, 0.29) is 0 Å². The Bertz CT molecular complexity index is 468. The molecule has 4 heteroatoms. The number of piperazine rings is 1. The summed E-state index contributed by atoms with van der Waals surface area (Å²) < 4.78 is 6.45. The molecule has 116 valence electrons. The van der Waals surface area contributed by atoms with E-state index in [9.17, 15) is 0 Å². The maximum absolute atomic E-state index is 5.38. The van der Waals surface area contributed by atoms with Crippen molar-refractivity contribution < 1.29 is 4.74 Å². The number of rotatable bonds is 4. The van der Waals surface area contributed by atoms with Crippen LogP contribution in [0.5, 0.6) is 5.75 Å². The molecule has 0 radical (unpaired) electrons. The summed E-state index contributed by atoms with van der Waals surface area (Å²) in [5.41, 5.74) is 1.44. The van der Waals surface area contributed by atoms with Gasteiger partial charge >= 0.3 is 0 Å². The summed E-state index contributed by atoms with van der Waals surface area (Å²) in [7, 11) is 1.73. The number of ether oxygens (including phenoxy) is 1. The Hall–Kier alpha value is -0.580. The second kappa shape index (κ2) is 7.12. The lowest BCUT2D eigenvalue weighted by Gasteiger charge is -2.38. The number of methoxy groups -OCH3 is 1. The first-order chi connectivity index (χ1) is 10.3. The first-order valence-electron chi connectivity index (χ1n) is 8.08. The van der Waals surface area contributed by atoms with Crippen LogP contribution in [0.15, 0.2) is 22.7 Å². The van der Waals surface area contributed by atoms with Gasteiger partial charge in [0.25, 0.3) is 0 Å². The van der Waals surface area contributed by atoms with Crippen molar-refractivity contribution in [2.75, 3.05) is 33.3 Å². The lowest BCUT2D eigenvalue weighted by atomic mass is 9.89. The molecule has 0 aromatic heterocycles. The van der Waals surface area contributed by atoms with Gasteiger partial charge in [0.05, 0.1) is 11.6 Å². The number of halogens is 1. The highest BCUT2D eigenvalue weighted by molar-refractivity contribution is 9.10. The molecular weight excluding hydrogens is 328 g/mol. The van der Waals surface area contributed by atoms with Gasteiger partial charge in [0.2, 0.25) is 0 Å². The van der Waals surface area contributed by atoms with Crippen molar-refractivity contribution in [2.45, 2.75) is 31.7 Å². The molecule has 1 saturated carbocycles. The van der Waals surface area contributed by atoms with Crippen LogP contribution in [0, 0.1) is 5.92 Å². The molecule has 0 bridgehead atoms. The number of hydrogen-bond donors (Lipinski definition) is 1. The maximum Gasteiger partial charge on any atom is 0.133 e. The van der Waals surface area contributed by atoms with Gasteiger partial charge in [0.1, 0.15) is 5.75 Å². The van der Waals surface area contributed by atoms with E-state index < -0.39 is 0 Å². The van der Waals surface area contributed by atoms with E-state index in [1.54, 1.807) is 7.11 Å². The van der Waals surface area contributed by atoms with Gasteiger partial charge in [-0.05, 0) is 52.4 Å². The minimum absolute atomic E-state index is 0.566. The predicted molar refractivity (Wildman–Crippen MR) is 89.8 cm³/mol. The van der Waals surface area contributed by atoms with Gasteiger partial charge in [-0.15, -0.1) is 0 Å². The highest BCUT2D eigenvalue weighted by Gasteiger charge is 2.32. The molecule has 1 atom stereocenters. The molecule has 1 aromatic rings. The van der Waals surface area contributed by atoms with Crippen LogP contribution in [0.25, 0.3) is 0 Å². The number of hydrogen-bond acceptors (Lipinski definition) is 3. The molecule has 0 spiro atoms. The Morgan fingerprint density at radius 3 is 2.57 bits per heavy atom. The number of nitrogens with one attached hydrogen (secondary N) is 1. The quantitative estimate of drug-likeness (QED) is 0.895. The zero-order valence-electron chi connectivity index (χ0n) is 12.8. The van der Waals surface area contributed by atoms with Crippen molar-refractivity contribution in [3.8, 4) is 5.75 Å². The van der Waals surface area contributed by atoms with Crippen molar-refractivity contribution in [3.63, 3.8) is 0 Å². The molecule has 1 aliphatic carbocycles. The molecule has 0 unspecified atom stereocenters. The minimum Gasteiger partial charge on any atom is -0.496 e. The van der Waals surface area contributed by atoms with E-state index >= 15 is 0 Å². The third-order valence-electron chi connectivity index (χ3n) is 4.91. The lowest BCUT2D eigenvalue weighted by molar-refractivity contribution is 0.125. The summed E-state index contributed by atoms with van der Waals surface area (Å²) in [6, 6.07) is 7.19. The fourth-order valence-corrected chi connectivity index (χ4v) is 4.44. The largest absolute Gasteiger partial charge is 0.496 e. The van der Waals surface area contributed by atoms with Gasteiger partial charge < -0.3 is 10.1 Å². The van der Waals surface area contributed by atoms with Crippen molar-refractivity contribution >= 4 is 15.9 Å². The summed E-state index contributed by atoms with van der Waals surface area (Å²) in [4.78, 5) is 2.68. The highest BCUT2D eigenvalue weighted by atomic mass is 79.9. The Morgan fingerprint density at radius 2 is 1.95 bits per heavy atom. The van der Waals surface area contributed by atoms with Gasteiger partial charge in [-0.25, -0.2) is 0 Å². The van der Waals surface area contributed by atoms with Crippen LogP contribution in [0.2, 0.25) is 0 Å². The molecule has 1 saturated heterocycles. The van der Waals surface area contributed by atoms with E-state index in [0.29, 0.717) is 6.04 Å². The zero-order valence-corrected chi connectivity index (χ0v) is 14.4. The van der Waals surface area contributed by atoms with Gasteiger partial charge in [-0.1, -0.05) is 18.9 Å². The summed E-state index contributed by atoms with van der Waals surface area (Å²) in [6.07, 6.45) is 5.53. The molecule has 2 aliphatic rings. The van der Waals surface area contributed by atoms with Crippen LogP contribution in [0.1, 0.15) is 37.3 Å². The van der Waals surface area contributed by atoms with Crippen LogP contribution < -0.4 is 10.1 Å². The molecule has 21 heavy (non-hydrogen) atoms. The van der Waals surface area contributed by atoms with E-state index in [1.165, 1.54) is 31.2 Å². The molecule has 1 aromatic carbocycles. The number of benzene rings is 1. The smallest absolute Gasteiger partial charge is 0.133 e. The fraction of sp³-hybridized carbons (Fsp3) is 0.647. The Balaban J connectivity index is 1.88. The lowest BCUT2D eigenvalue weighted by Crippen LogP contribution is -2.46. The van der Waals surface area contributed by atoms with Crippen molar-refractivity contribution in [2.24, 2.45) is 5.92 Å². The first-order valence-corrected chi connectivity index (χ1v) is 8.87. The second-order valence-corrected chi connectivity index (χ2v) is 7.02. The van der Waals surface area contributed by atoms with Crippen molar-refractivity contribution in [1.29, 1.82) is 0 Å². The topological polar surface area (TPSA) is 24.5 Å². The van der Waals surface area contributed by atoms with E-state index in [2.05, 4.69) is 44.3 Å². The fourth-order valence-electron chi connectivity index (χ4n) is 3.88. The second-order valence-electron chi connectivity index (χ2n) is 6.17. The van der Waals surface area contributed by atoms with Crippen molar-refractivity contribution in [3.05, 3.63) is 28.2 Å². The molecule has 0 amide bonds.